The molecule has 0 spiro atoms. The first kappa shape index (κ1) is 14.1. The van der Waals surface area contributed by atoms with Crippen LogP contribution in [-0.2, 0) is 4.79 Å². The van der Waals surface area contributed by atoms with Crippen LogP contribution in [0, 0.1) is 5.92 Å². The van der Waals surface area contributed by atoms with E-state index in [4.69, 9.17) is 0 Å². The maximum absolute atomic E-state index is 12.0. The van der Waals surface area contributed by atoms with Crippen LogP contribution in [0.2, 0.25) is 0 Å². The van der Waals surface area contributed by atoms with E-state index >= 15 is 0 Å². The van der Waals surface area contributed by atoms with Crippen molar-refractivity contribution in [3.8, 4) is 0 Å². The van der Waals surface area contributed by atoms with Crippen molar-refractivity contribution in [2.75, 3.05) is 13.1 Å². The van der Waals surface area contributed by atoms with E-state index in [1.165, 1.54) is 0 Å². The molecule has 1 heterocycles. The first-order valence-corrected chi connectivity index (χ1v) is 6.71. The molecule has 2 amide bonds. The zero-order valence-corrected chi connectivity index (χ0v) is 11.7. The third kappa shape index (κ3) is 3.38. The third-order valence-corrected chi connectivity index (χ3v) is 3.05. The molecule has 0 atom stereocenters. The van der Waals surface area contributed by atoms with Gasteiger partial charge in [0, 0.05) is 41.7 Å². The molecule has 1 aromatic heterocycles. The number of rotatable bonds is 5. The fraction of sp³-hybridized carbons (Fsp3) is 0.333. The highest BCUT2D eigenvalue weighted by molar-refractivity contribution is 5.98. The molecule has 5 nitrogen and oxygen atoms in total. The van der Waals surface area contributed by atoms with E-state index < -0.39 is 0 Å². The molecule has 20 heavy (non-hydrogen) atoms. The number of H-pyrrole nitrogens is 1. The van der Waals surface area contributed by atoms with Gasteiger partial charge in [-0.1, -0.05) is 13.8 Å². The molecule has 0 saturated carbocycles. The summed E-state index contributed by atoms with van der Waals surface area (Å²) in [4.78, 5) is 26.4. The SMILES string of the molecule is CC(C)C(=O)NCCNC(=O)c1ccc2[nH]ccc2c1. The Bertz CT molecular complexity index is 616. The van der Waals surface area contributed by atoms with Gasteiger partial charge in [-0.15, -0.1) is 0 Å². The lowest BCUT2D eigenvalue weighted by atomic mass is 10.1. The predicted molar refractivity (Wildman–Crippen MR) is 78.5 cm³/mol. The van der Waals surface area contributed by atoms with Crippen LogP contribution in [0.15, 0.2) is 30.5 Å². The van der Waals surface area contributed by atoms with Gasteiger partial charge in [-0.25, -0.2) is 0 Å². The molecular formula is C15H19N3O2. The number of nitrogens with one attached hydrogen (secondary N) is 3. The molecule has 0 unspecified atom stereocenters. The normalized spacial score (nSPS) is 10.8. The molecule has 0 radical (unpaired) electrons. The van der Waals surface area contributed by atoms with E-state index in [0.717, 1.165) is 10.9 Å². The van der Waals surface area contributed by atoms with Crippen molar-refractivity contribution in [2.45, 2.75) is 13.8 Å². The van der Waals surface area contributed by atoms with Crippen molar-refractivity contribution < 1.29 is 9.59 Å². The highest BCUT2D eigenvalue weighted by atomic mass is 16.2. The molecule has 0 aliphatic carbocycles. The summed E-state index contributed by atoms with van der Waals surface area (Å²) in [5.41, 5.74) is 1.62. The van der Waals surface area contributed by atoms with Crippen molar-refractivity contribution in [1.29, 1.82) is 0 Å². The highest BCUT2D eigenvalue weighted by Crippen LogP contribution is 2.13. The van der Waals surface area contributed by atoms with Crippen LogP contribution in [0.3, 0.4) is 0 Å². The van der Waals surface area contributed by atoms with Crippen molar-refractivity contribution in [1.82, 2.24) is 15.6 Å². The lowest BCUT2D eigenvalue weighted by molar-refractivity contribution is -0.123. The molecule has 0 bridgehead atoms. The lowest BCUT2D eigenvalue weighted by Crippen LogP contribution is -2.36. The summed E-state index contributed by atoms with van der Waals surface area (Å²) in [5.74, 6) is -0.179. The van der Waals surface area contributed by atoms with E-state index in [1.54, 1.807) is 6.07 Å². The van der Waals surface area contributed by atoms with Gasteiger partial charge in [-0.05, 0) is 24.3 Å². The second kappa shape index (κ2) is 6.23. The largest absolute Gasteiger partial charge is 0.361 e. The molecule has 5 heteroatoms. The fourth-order valence-corrected chi connectivity index (χ4v) is 1.86. The fourth-order valence-electron chi connectivity index (χ4n) is 1.86. The Morgan fingerprint density at radius 2 is 1.90 bits per heavy atom. The van der Waals surface area contributed by atoms with Crippen LogP contribution in [0.25, 0.3) is 10.9 Å². The average molecular weight is 273 g/mol. The van der Waals surface area contributed by atoms with E-state index in [-0.39, 0.29) is 17.7 Å². The summed E-state index contributed by atoms with van der Waals surface area (Å²) in [6.45, 7) is 4.53. The molecule has 106 valence electrons. The predicted octanol–water partition coefficient (Wildman–Crippen LogP) is 1.67. The van der Waals surface area contributed by atoms with E-state index in [0.29, 0.717) is 18.7 Å². The number of carbonyl (C=O) groups is 2. The Balaban J connectivity index is 1.84. The van der Waals surface area contributed by atoms with Crippen molar-refractivity contribution in [3.63, 3.8) is 0 Å². The van der Waals surface area contributed by atoms with Crippen LogP contribution in [0.4, 0.5) is 0 Å². The molecule has 2 rings (SSSR count). The highest BCUT2D eigenvalue weighted by Gasteiger charge is 2.08. The standard InChI is InChI=1S/C15H19N3O2/c1-10(2)14(19)17-7-8-18-15(20)12-3-4-13-11(9-12)5-6-16-13/h3-6,9-10,16H,7-8H2,1-2H3,(H,17,19)(H,18,20). The summed E-state index contributed by atoms with van der Waals surface area (Å²) in [6, 6.07) is 7.43. The Hall–Kier alpha value is -2.30. The second-order valence-corrected chi connectivity index (χ2v) is 4.98. The Labute approximate surface area is 117 Å². The topological polar surface area (TPSA) is 74.0 Å². The van der Waals surface area contributed by atoms with Crippen molar-refractivity contribution in [3.05, 3.63) is 36.0 Å². The Morgan fingerprint density at radius 3 is 2.65 bits per heavy atom. The van der Waals surface area contributed by atoms with Gasteiger partial charge in [-0.3, -0.25) is 9.59 Å². The second-order valence-electron chi connectivity index (χ2n) is 4.98. The molecule has 0 aliphatic rings. The Kier molecular flexibility index (Phi) is 4.40. The minimum absolute atomic E-state index is 0.00649. The van der Waals surface area contributed by atoms with Gasteiger partial charge < -0.3 is 15.6 Å². The average Bonchev–Trinajstić information content (AvgIpc) is 2.90. The Morgan fingerprint density at radius 1 is 1.15 bits per heavy atom. The van der Waals surface area contributed by atoms with Crippen molar-refractivity contribution >= 4 is 22.7 Å². The molecule has 0 saturated heterocycles. The molecular weight excluding hydrogens is 254 g/mol. The minimum Gasteiger partial charge on any atom is -0.361 e. The number of hydrogen-bond donors (Lipinski definition) is 3. The molecule has 2 aromatic rings. The van der Waals surface area contributed by atoms with Crippen LogP contribution < -0.4 is 10.6 Å². The third-order valence-electron chi connectivity index (χ3n) is 3.05. The van der Waals surface area contributed by atoms with Gasteiger partial charge in [0.1, 0.15) is 0 Å². The van der Waals surface area contributed by atoms with Crippen molar-refractivity contribution in [2.24, 2.45) is 5.92 Å². The minimum atomic E-state index is -0.133. The number of hydrogen-bond acceptors (Lipinski definition) is 2. The summed E-state index contributed by atoms with van der Waals surface area (Å²) in [5, 5.41) is 6.55. The smallest absolute Gasteiger partial charge is 0.251 e. The molecule has 0 aliphatic heterocycles. The van der Waals surface area contributed by atoms with Crippen LogP contribution in [-0.4, -0.2) is 29.9 Å². The summed E-state index contributed by atoms with van der Waals surface area (Å²) in [6.07, 6.45) is 1.84. The first-order valence-electron chi connectivity index (χ1n) is 6.71. The summed E-state index contributed by atoms with van der Waals surface area (Å²) in [7, 11) is 0. The molecule has 3 N–H and O–H groups in total. The van der Waals surface area contributed by atoms with E-state index in [2.05, 4.69) is 15.6 Å². The van der Waals surface area contributed by atoms with E-state index in [9.17, 15) is 9.59 Å². The van der Waals surface area contributed by atoms with Gasteiger partial charge in [0.05, 0.1) is 0 Å². The van der Waals surface area contributed by atoms with Gasteiger partial charge in [0.15, 0.2) is 0 Å². The first-order chi connectivity index (χ1) is 9.58. The number of aromatic amines is 1. The van der Waals surface area contributed by atoms with Crippen LogP contribution >= 0.6 is 0 Å². The van der Waals surface area contributed by atoms with Gasteiger partial charge >= 0.3 is 0 Å². The zero-order chi connectivity index (χ0) is 14.5. The number of benzene rings is 1. The number of amides is 2. The maximum Gasteiger partial charge on any atom is 0.251 e. The lowest BCUT2D eigenvalue weighted by Gasteiger charge is -2.08. The summed E-state index contributed by atoms with van der Waals surface area (Å²) < 4.78 is 0. The zero-order valence-electron chi connectivity index (χ0n) is 11.7. The number of fused-ring (bicyclic) bond motifs is 1. The van der Waals surface area contributed by atoms with Gasteiger partial charge in [-0.2, -0.15) is 0 Å². The maximum atomic E-state index is 12.0. The molecule has 1 aromatic carbocycles. The summed E-state index contributed by atoms with van der Waals surface area (Å²) >= 11 is 0. The van der Waals surface area contributed by atoms with Gasteiger partial charge in [0.2, 0.25) is 5.91 Å². The quantitative estimate of drug-likeness (QED) is 0.725. The monoisotopic (exact) mass is 273 g/mol. The van der Waals surface area contributed by atoms with Crippen LogP contribution in [0.5, 0.6) is 0 Å². The molecule has 0 fully saturated rings. The van der Waals surface area contributed by atoms with Crippen LogP contribution in [0.1, 0.15) is 24.2 Å². The number of aromatic nitrogens is 1. The number of carbonyl (C=O) groups excluding carboxylic acids is 2. The van der Waals surface area contributed by atoms with Gasteiger partial charge in [0.25, 0.3) is 5.91 Å². The van der Waals surface area contributed by atoms with E-state index in [1.807, 2.05) is 38.2 Å².